The topological polar surface area (TPSA) is 27.1 Å². The van der Waals surface area contributed by atoms with E-state index in [4.69, 9.17) is 16.3 Å². The zero-order valence-corrected chi connectivity index (χ0v) is 10.4. The van der Waals surface area contributed by atoms with Crippen LogP contribution >= 0.6 is 11.6 Å². The van der Waals surface area contributed by atoms with Gasteiger partial charge in [0.1, 0.15) is 5.69 Å². The molecule has 0 aliphatic rings. The summed E-state index contributed by atoms with van der Waals surface area (Å²) in [7, 11) is 0. The summed E-state index contributed by atoms with van der Waals surface area (Å²) < 4.78 is 7.33. The number of hydrogen-bond donors (Lipinski definition) is 0. The van der Waals surface area contributed by atoms with E-state index in [-0.39, 0.29) is 0 Å². The largest absolute Gasteiger partial charge is 0.375 e. The molecule has 0 aliphatic heterocycles. The maximum atomic E-state index is 6.06. The van der Waals surface area contributed by atoms with Gasteiger partial charge in [0.15, 0.2) is 0 Å². The van der Waals surface area contributed by atoms with Gasteiger partial charge in [0.25, 0.3) is 0 Å². The second-order valence-electron chi connectivity index (χ2n) is 3.71. The third-order valence-corrected chi connectivity index (χ3v) is 2.70. The molecule has 1 rings (SSSR count). The van der Waals surface area contributed by atoms with Crippen LogP contribution < -0.4 is 0 Å². The quantitative estimate of drug-likeness (QED) is 0.700. The van der Waals surface area contributed by atoms with Crippen molar-refractivity contribution in [3.63, 3.8) is 0 Å². The summed E-state index contributed by atoms with van der Waals surface area (Å²) >= 11 is 6.06. The molecule has 0 aliphatic carbocycles. The molecule has 0 unspecified atom stereocenters. The Bertz CT molecular complexity index is 299. The molecule has 0 bridgehead atoms. The van der Waals surface area contributed by atoms with Crippen LogP contribution in [0.15, 0.2) is 6.20 Å². The minimum atomic E-state index is 0.391. The maximum absolute atomic E-state index is 6.06. The molecule has 0 amide bonds. The zero-order valence-electron chi connectivity index (χ0n) is 9.66. The molecular formula is C11H19ClN2O. The van der Waals surface area contributed by atoms with E-state index in [9.17, 15) is 0 Å². The SMILES string of the molecule is CCCOCc1nn([C@@H](C)CC)cc1Cl. The van der Waals surface area contributed by atoms with Crippen LogP contribution in [0.5, 0.6) is 0 Å². The van der Waals surface area contributed by atoms with Gasteiger partial charge in [-0.15, -0.1) is 0 Å². The van der Waals surface area contributed by atoms with E-state index in [0.29, 0.717) is 17.7 Å². The number of hydrogen-bond acceptors (Lipinski definition) is 2. The molecule has 0 aromatic carbocycles. The molecule has 0 saturated carbocycles. The third-order valence-electron chi connectivity index (χ3n) is 2.39. The summed E-state index contributed by atoms with van der Waals surface area (Å²) in [6.07, 6.45) is 3.94. The van der Waals surface area contributed by atoms with Gasteiger partial charge in [0.2, 0.25) is 0 Å². The first-order valence-corrected chi connectivity index (χ1v) is 5.88. The highest BCUT2D eigenvalue weighted by Crippen LogP contribution is 2.19. The van der Waals surface area contributed by atoms with Crippen molar-refractivity contribution in [2.75, 3.05) is 6.61 Å². The first-order chi connectivity index (χ1) is 7.19. The Morgan fingerprint density at radius 3 is 2.87 bits per heavy atom. The summed E-state index contributed by atoms with van der Waals surface area (Å²) in [6, 6.07) is 0.391. The fraction of sp³-hybridized carbons (Fsp3) is 0.727. The molecular weight excluding hydrogens is 212 g/mol. The number of halogens is 1. The van der Waals surface area contributed by atoms with E-state index in [2.05, 4.69) is 25.9 Å². The Balaban J connectivity index is 2.60. The minimum absolute atomic E-state index is 0.391. The molecule has 0 saturated heterocycles. The summed E-state index contributed by atoms with van der Waals surface area (Å²) in [5.41, 5.74) is 0.838. The van der Waals surface area contributed by atoms with Gasteiger partial charge in [-0.25, -0.2) is 0 Å². The number of rotatable bonds is 6. The van der Waals surface area contributed by atoms with Crippen molar-refractivity contribution in [3.8, 4) is 0 Å². The fourth-order valence-electron chi connectivity index (χ4n) is 1.23. The predicted octanol–water partition coefficient (Wildman–Crippen LogP) is 3.43. The fourth-order valence-corrected chi connectivity index (χ4v) is 1.42. The van der Waals surface area contributed by atoms with E-state index in [1.165, 1.54) is 0 Å². The first-order valence-electron chi connectivity index (χ1n) is 5.50. The highest BCUT2D eigenvalue weighted by atomic mass is 35.5. The summed E-state index contributed by atoms with van der Waals surface area (Å²) in [4.78, 5) is 0. The highest BCUT2D eigenvalue weighted by molar-refractivity contribution is 6.31. The standard InChI is InChI=1S/C11H19ClN2O/c1-4-6-15-8-11-10(12)7-14(13-11)9(3)5-2/h7,9H,4-6,8H2,1-3H3/t9-/m0/s1. The summed E-state index contributed by atoms with van der Waals surface area (Å²) in [5, 5.41) is 5.11. The smallest absolute Gasteiger partial charge is 0.107 e. The molecule has 0 N–H and O–H groups in total. The van der Waals surface area contributed by atoms with Gasteiger partial charge in [0.05, 0.1) is 11.6 Å². The lowest BCUT2D eigenvalue weighted by molar-refractivity contribution is 0.118. The summed E-state index contributed by atoms with van der Waals surface area (Å²) in [6.45, 7) is 7.61. The van der Waals surface area contributed by atoms with E-state index < -0.39 is 0 Å². The van der Waals surface area contributed by atoms with Gasteiger partial charge in [-0.1, -0.05) is 25.4 Å². The average Bonchev–Trinajstić information content (AvgIpc) is 2.60. The normalized spacial score (nSPS) is 13.1. The van der Waals surface area contributed by atoms with Crippen LogP contribution in [-0.2, 0) is 11.3 Å². The Morgan fingerprint density at radius 1 is 1.53 bits per heavy atom. The second-order valence-corrected chi connectivity index (χ2v) is 4.12. The zero-order chi connectivity index (χ0) is 11.3. The lowest BCUT2D eigenvalue weighted by atomic mass is 10.3. The van der Waals surface area contributed by atoms with Gasteiger partial charge >= 0.3 is 0 Å². The van der Waals surface area contributed by atoms with Crippen molar-refractivity contribution >= 4 is 11.6 Å². The third kappa shape index (κ3) is 3.50. The number of aromatic nitrogens is 2. The lowest BCUT2D eigenvalue weighted by Crippen LogP contribution is -2.05. The van der Waals surface area contributed by atoms with Crippen molar-refractivity contribution in [1.29, 1.82) is 0 Å². The highest BCUT2D eigenvalue weighted by Gasteiger charge is 2.10. The second kappa shape index (κ2) is 6.13. The molecule has 1 atom stereocenters. The molecule has 4 heteroatoms. The van der Waals surface area contributed by atoms with Gasteiger partial charge in [-0.2, -0.15) is 5.10 Å². The van der Waals surface area contributed by atoms with Crippen LogP contribution in [0.4, 0.5) is 0 Å². The molecule has 1 aromatic heterocycles. The molecule has 3 nitrogen and oxygen atoms in total. The van der Waals surface area contributed by atoms with E-state index in [0.717, 1.165) is 25.1 Å². The van der Waals surface area contributed by atoms with Crippen molar-refractivity contribution in [1.82, 2.24) is 9.78 Å². The van der Waals surface area contributed by atoms with Crippen molar-refractivity contribution in [2.24, 2.45) is 0 Å². The Morgan fingerprint density at radius 2 is 2.27 bits per heavy atom. The van der Waals surface area contributed by atoms with Crippen LogP contribution in [0.2, 0.25) is 5.02 Å². The van der Waals surface area contributed by atoms with Crippen LogP contribution in [0, 0.1) is 0 Å². The Labute approximate surface area is 96.4 Å². The van der Waals surface area contributed by atoms with Gasteiger partial charge in [0, 0.05) is 18.8 Å². The van der Waals surface area contributed by atoms with Crippen LogP contribution in [0.25, 0.3) is 0 Å². The lowest BCUT2D eigenvalue weighted by Gasteiger charge is -2.07. The average molecular weight is 231 g/mol. The monoisotopic (exact) mass is 230 g/mol. The molecule has 1 heterocycles. The van der Waals surface area contributed by atoms with Crippen molar-refractivity contribution in [2.45, 2.75) is 46.3 Å². The molecule has 0 fully saturated rings. The first kappa shape index (κ1) is 12.5. The number of ether oxygens (including phenoxy) is 1. The summed E-state index contributed by atoms with van der Waals surface area (Å²) in [5.74, 6) is 0. The molecule has 0 spiro atoms. The minimum Gasteiger partial charge on any atom is -0.375 e. The molecule has 86 valence electrons. The Hall–Kier alpha value is -0.540. The maximum Gasteiger partial charge on any atom is 0.107 e. The molecule has 15 heavy (non-hydrogen) atoms. The van der Waals surface area contributed by atoms with Crippen molar-refractivity contribution < 1.29 is 4.74 Å². The van der Waals surface area contributed by atoms with E-state index >= 15 is 0 Å². The van der Waals surface area contributed by atoms with E-state index in [1.807, 2.05) is 10.9 Å². The van der Waals surface area contributed by atoms with Crippen LogP contribution in [-0.4, -0.2) is 16.4 Å². The predicted molar refractivity (Wildman–Crippen MR) is 62.2 cm³/mol. The van der Waals surface area contributed by atoms with Gasteiger partial charge < -0.3 is 4.74 Å². The number of nitrogens with zero attached hydrogens (tertiary/aromatic N) is 2. The van der Waals surface area contributed by atoms with E-state index in [1.54, 1.807) is 0 Å². The van der Waals surface area contributed by atoms with Gasteiger partial charge in [-0.3, -0.25) is 4.68 Å². The molecule has 1 aromatic rings. The van der Waals surface area contributed by atoms with Crippen LogP contribution in [0.3, 0.4) is 0 Å². The van der Waals surface area contributed by atoms with Crippen LogP contribution in [0.1, 0.15) is 45.3 Å². The van der Waals surface area contributed by atoms with Gasteiger partial charge in [-0.05, 0) is 19.8 Å². The molecule has 0 radical (unpaired) electrons. The van der Waals surface area contributed by atoms with Crippen molar-refractivity contribution in [3.05, 3.63) is 16.9 Å². The Kier molecular flexibility index (Phi) is 5.12.